The van der Waals surface area contributed by atoms with Crippen molar-refractivity contribution in [1.82, 2.24) is 15.3 Å². The normalized spacial score (nSPS) is 22.1. The van der Waals surface area contributed by atoms with Crippen molar-refractivity contribution < 1.29 is 9.63 Å². The number of carbonyl (C=O) groups excluding carboxylic acids is 1. The summed E-state index contributed by atoms with van der Waals surface area (Å²) < 4.78 is 0. The second-order valence-corrected chi connectivity index (χ2v) is 9.47. The fourth-order valence-corrected chi connectivity index (χ4v) is 5.82. The van der Waals surface area contributed by atoms with Gasteiger partial charge < -0.3 is 0 Å². The molecule has 0 bridgehead atoms. The Kier molecular flexibility index (Phi) is 9.80. The van der Waals surface area contributed by atoms with Gasteiger partial charge in [-0.25, -0.2) is 15.3 Å². The van der Waals surface area contributed by atoms with Crippen LogP contribution in [0.2, 0.25) is 0 Å². The van der Waals surface area contributed by atoms with E-state index in [1.807, 2.05) is 6.07 Å². The molecule has 162 valence electrons. The number of benzene rings is 1. The second kappa shape index (κ2) is 12.6. The van der Waals surface area contributed by atoms with Gasteiger partial charge in [0.2, 0.25) is 5.50 Å². The van der Waals surface area contributed by atoms with Crippen molar-refractivity contribution in [1.29, 1.82) is 0 Å². The molecule has 0 aliphatic carbocycles. The highest BCUT2D eigenvalue weighted by Gasteiger charge is 2.48. The average molecular weight is 421 g/mol. The highest BCUT2D eigenvalue weighted by Crippen LogP contribution is 2.35. The zero-order chi connectivity index (χ0) is 20.3. The van der Waals surface area contributed by atoms with E-state index in [9.17, 15) is 4.79 Å². The van der Waals surface area contributed by atoms with E-state index in [1.165, 1.54) is 68.0 Å². The molecule has 5 nitrogen and oxygen atoms in total. The summed E-state index contributed by atoms with van der Waals surface area (Å²) in [5.41, 5.74) is 4.33. The second-order valence-electron chi connectivity index (χ2n) is 8.19. The molecule has 2 aliphatic heterocycles. The van der Waals surface area contributed by atoms with E-state index in [1.54, 1.807) is 0 Å². The number of hydroxylamine groups is 1. The van der Waals surface area contributed by atoms with E-state index in [2.05, 4.69) is 46.5 Å². The van der Waals surface area contributed by atoms with Gasteiger partial charge in [-0.05, 0) is 12.0 Å². The number of nitrogens with zero attached hydrogens (tertiary/aromatic N) is 2. The minimum absolute atomic E-state index is 0.0329. The van der Waals surface area contributed by atoms with Gasteiger partial charge >= 0.3 is 0 Å². The topological polar surface area (TPSA) is 44.8 Å². The molecule has 2 fully saturated rings. The lowest BCUT2D eigenvalue weighted by molar-refractivity contribution is -0.135. The Labute approximate surface area is 180 Å². The third kappa shape index (κ3) is 6.99. The summed E-state index contributed by atoms with van der Waals surface area (Å²) in [5, 5.41) is 0. The van der Waals surface area contributed by atoms with Crippen LogP contribution in [0.3, 0.4) is 0 Å². The molecule has 0 radical (unpaired) electrons. The first-order valence-electron chi connectivity index (χ1n) is 11.4. The monoisotopic (exact) mass is 420 g/mol. The van der Waals surface area contributed by atoms with Gasteiger partial charge in [0, 0.05) is 24.9 Å². The number of nitrogens with one attached hydrogen (secondary N) is 1. The summed E-state index contributed by atoms with van der Waals surface area (Å²) in [6.07, 6.45) is 10.1. The minimum atomic E-state index is -0.0329. The number of fused-ring (bicyclic) bond motifs is 1. The van der Waals surface area contributed by atoms with Gasteiger partial charge in [-0.2, -0.15) is 0 Å². The molecule has 3 rings (SSSR count). The van der Waals surface area contributed by atoms with Crippen LogP contribution in [-0.4, -0.2) is 53.2 Å². The summed E-state index contributed by atoms with van der Waals surface area (Å²) in [6, 6.07) is 10.9. The Morgan fingerprint density at radius 3 is 2.59 bits per heavy atom. The van der Waals surface area contributed by atoms with Crippen LogP contribution in [0.25, 0.3) is 0 Å². The Balaban J connectivity index is 1.34. The van der Waals surface area contributed by atoms with Crippen molar-refractivity contribution in [3.05, 3.63) is 35.9 Å². The molecule has 0 aromatic heterocycles. The molecule has 2 unspecified atom stereocenters. The number of hydrogen-bond acceptors (Lipinski definition) is 4. The van der Waals surface area contributed by atoms with Crippen LogP contribution >= 0.6 is 0 Å². The Morgan fingerprint density at radius 1 is 1.10 bits per heavy atom. The summed E-state index contributed by atoms with van der Waals surface area (Å²) >= 11 is 1.41. The lowest BCUT2D eigenvalue weighted by Gasteiger charge is -2.24. The van der Waals surface area contributed by atoms with Crippen LogP contribution < -0.4 is 5.48 Å². The molecular weight excluding hydrogens is 382 g/mol. The maximum absolute atomic E-state index is 12.5. The van der Waals surface area contributed by atoms with E-state index < -0.39 is 0 Å². The first-order chi connectivity index (χ1) is 14.3. The third-order valence-electron chi connectivity index (χ3n) is 5.91. The van der Waals surface area contributed by atoms with Crippen molar-refractivity contribution in [2.75, 3.05) is 32.0 Å². The van der Waals surface area contributed by atoms with Crippen LogP contribution in [0, 0.1) is 0 Å². The van der Waals surface area contributed by atoms with Gasteiger partial charge in [0.1, 0.15) is 5.75 Å². The molecule has 2 heterocycles. The average Bonchev–Trinajstić information content (AvgIpc) is 3.33. The fraction of sp³-hybridized carbons (Fsp3) is 0.696. The predicted molar refractivity (Wildman–Crippen MR) is 122 cm³/mol. The molecule has 1 aromatic carbocycles. The highest BCUT2D eigenvalue weighted by atomic mass is 32.2. The fourth-order valence-electron chi connectivity index (χ4n) is 4.32. The lowest BCUT2D eigenvalue weighted by Crippen LogP contribution is -2.43. The number of amides is 1. The van der Waals surface area contributed by atoms with Crippen LogP contribution in [0.15, 0.2) is 30.3 Å². The maximum atomic E-state index is 12.5. The summed E-state index contributed by atoms with van der Waals surface area (Å²) in [7, 11) is 0. The summed E-state index contributed by atoms with van der Waals surface area (Å²) in [5.74, 6) is 1.16. The van der Waals surface area contributed by atoms with Crippen molar-refractivity contribution in [3.8, 4) is 0 Å². The van der Waals surface area contributed by atoms with Gasteiger partial charge in [-0.15, -0.1) is 0 Å². The SMILES string of the molecule is CCCCCCCCCCONC(=O)CN1C(c2ccccc2)CN2CC[SH+]C21. The van der Waals surface area contributed by atoms with Crippen LogP contribution in [0.5, 0.6) is 0 Å². The summed E-state index contributed by atoms with van der Waals surface area (Å²) in [6.45, 7) is 5.39. The predicted octanol–water partition coefficient (Wildman–Crippen LogP) is 3.65. The van der Waals surface area contributed by atoms with Gasteiger partial charge in [-0.1, -0.05) is 82.2 Å². The number of unbranched alkanes of at least 4 members (excludes halogenated alkanes) is 7. The van der Waals surface area contributed by atoms with E-state index in [4.69, 9.17) is 4.84 Å². The Hall–Kier alpha value is -1.08. The van der Waals surface area contributed by atoms with Crippen molar-refractivity contribution in [2.24, 2.45) is 0 Å². The lowest BCUT2D eigenvalue weighted by atomic mass is 10.1. The Bertz CT molecular complexity index is 601. The van der Waals surface area contributed by atoms with Crippen LogP contribution in [0.1, 0.15) is 69.9 Å². The number of carbonyl (C=O) groups is 1. The summed E-state index contributed by atoms with van der Waals surface area (Å²) in [4.78, 5) is 22.8. The minimum Gasteiger partial charge on any atom is -0.274 e. The molecule has 2 saturated heterocycles. The van der Waals surface area contributed by atoms with E-state index >= 15 is 0 Å². The number of thiol groups is 1. The van der Waals surface area contributed by atoms with Gasteiger partial charge in [0.15, 0.2) is 0 Å². The molecule has 29 heavy (non-hydrogen) atoms. The van der Waals surface area contributed by atoms with Gasteiger partial charge in [0.05, 0.1) is 19.2 Å². The molecule has 1 N–H and O–H groups in total. The number of rotatable bonds is 13. The highest BCUT2D eigenvalue weighted by molar-refractivity contribution is 7.79. The first-order valence-corrected chi connectivity index (χ1v) is 12.6. The first kappa shape index (κ1) is 22.6. The largest absolute Gasteiger partial charge is 0.274 e. The van der Waals surface area contributed by atoms with Crippen molar-refractivity contribution in [2.45, 2.75) is 69.8 Å². The van der Waals surface area contributed by atoms with E-state index in [-0.39, 0.29) is 11.9 Å². The van der Waals surface area contributed by atoms with Crippen molar-refractivity contribution >= 4 is 17.7 Å². The maximum Gasteiger partial charge on any atom is 0.257 e. The smallest absolute Gasteiger partial charge is 0.257 e. The number of hydrogen-bond donors (Lipinski definition) is 1. The molecule has 6 heteroatoms. The molecule has 1 amide bonds. The zero-order valence-corrected chi connectivity index (χ0v) is 18.8. The molecule has 2 atom stereocenters. The third-order valence-corrected chi connectivity index (χ3v) is 7.32. The molecule has 2 aliphatic rings. The van der Waals surface area contributed by atoms with Crippen molar-refractivity contribution in [3.63, 3.8) is 0 Å². The molecular formula is C23H38N3O2S+. The standard InChI is InChI=1S/C23H37N3O2S/c1-2-3-4-5-6-7-8-12-16-28-24-22(27)19-26-21(20-13-10-9-11-14-20)18-25-15-17-29-23(25)26/h9-11,13-14,21,23H,2-8,12,15-19H2,1H3,(H,24,27)/p+1. The van der Waals surface area contributed by atoms with Crippen LogP contribution in [-0.2, 0) is 21.4 Å². The zero-order valence-electron chi connectivity index (χ0n) is 17.9. The molecule has 1 aromatic rings. The van der Waals surface area contributed by atoms with Crippen LogP contribution in [0.4, 0.5) is 0 Å². The van der Waals surface area contributed by atoms with Gasteiger partial charge in [-0.3, -0.25) is 9.63 Å². The molecule has 0 saturated carbocycles. The van der Waals surface area contributed by atoms with E-state index in [0.29, 0.717) is 18.6 Å². The van der Waals surface area contributed by atoms with E-state index in [0.717, 1.165) is 19.5 Å². The molecule has 0 spiro atoms. The quantitative estimate of drug-likeness (QED) is 0.229. The van der Waals surface area contributed by atoms with Gasteiger partial charge in [0.25, 0.3) is 5.91 Å². The Morgan fingerprint density at radius 2 is 1.83 bits per heavy atom.